The highest BCUT2D eigenvalue weighted by Gasteiger charge is 2.20. The molecule has 1 aromatic carbocycles. The van der Waals surface area contributed by atoms with E-state index in [4.69, 9.17) is 5.11 Å². The monoisotopic (exact) mass is 313 g/mol. The van der Waals surface area contributed by atoms with E-state index in [9.17, 15) is 9.59 Å². The van der Waals surface area contributed by atoms with E-state index in [1.165, 1.54) is 4.90 Å². The van der Waals surface area contributed by atoms with Crippen molar-refractivity contribution in [1.82, 2.24) is 4.90 Å². The molecule has 1 rings (SSSR count). The zero-order chi connectivity index (χ0) is 13.9. The third kappa shape index (κ3) is 3.32. The van der Waals surface area contributed by atoms with E-state index in [0.29, 0.717) is 5.56 Å². The van der Waals surface area contributed by atoms with Crippen LogP contribution in [0.15, 0.2) is 22.7 Å². The van der Waals surface area contributed by atoms with E-state index in [0.717, 1.165) is 10.0 Å². The summed E-state index contributed by atoms with van der Waals surface area (Å²) in [7, 11) is 1.61. The molecule has 0 aliphatic rings. The first-order valence-electron chi connectivity index (χ1n) is 5.58. The summed E-state index contributed by atoms with van der Waals surface area (Å²) in [5, 5.41) is 8.84. The Morgan fingerprint density at radius 1 is 1.44 bits per heavy atom. The molecule has 18 heavy (non-hydrogen) atoms. The second-order valence-electron chi connectivity index (χ2n) is 4.34. The third-order valence-electron chi connectivity index (χ3n) is 2.81. The van der Waals surface area contributed by atoms with Gasteiger partial charge in [0, 0.05) is 23.6 Å². The van der Waals surface area contributed by atoms with Crippen LogP contribution in [0.1, 0.15) is 22.8 Å². The molecule has 0 saturated heterocycles. The molecule has 0 aliphatic heterocycles. The number of carboxylic acid groups (broad SMARTS) is 1. The minimum atomic E-state index is -0.902. The Balaban J connectivity index is 2.87. The van der Waals surface area contributed by atoms with Crippen molar-refractivity contribution in [2.45, 2.75) is 13.8 Å². The highest BCUT2D eigenvalue weighted by molar-refractivity contribution is 9.10. The van der Waals surface area contributed by atoms with Gasteiger partial charge in [-0.3, -0.25) is 9.59 Å². The average Bonchev–Trinajstić information content (AvgIpc) is 2.31. The van der Waals surface area contributed by atoms with Gasteiger partial charge in [-0.15, -0.1) is 0 Å². The Bertz CT molecular complexity index is 473. The zero-order valence-corrected chi connectivity index (χ0v) is 12.2. The molecule has 4 nitrogen and oxygen atoms in total. The van der Waals surface area contributed by atoms with E-state index >= 15 is 0 Å². The first-order valence-corrected chi connectivity index (χ1v) is 6.37. The summed E-state index contributed by atoms with van der Waals surface area (Å²) >= 11 is 3.37. The number of carboxylic acids is 1. The lowest BCUT2D eigenvalue weighted by Crippen LogP contribution is -2.34. The lowest BCUT2D eigenvalue weighted by atomic mass is 10.1. The topological polar surface area (TPSA) is 57.6 Å². The van der Waals surface area contributed by atoms with Crippen LogP contribution < -0.4 is 0 Å². The number of rotatable bonds is 4. The van der Waals surface area contributed by atoms with Crippen LogP contribution >= 0.6 is 15.9 Å². The van der Waals surface area contributed by atoms with E-state index in [-0.39, 0.29) is 12.5 Å². The van der Waals surface area contributed by atoms with Crippen molar-refractivity contribution in [1.29, 1.82) is 0 Å². The van der Waals surface area contributed by atoms with Crippen LogP contribution in [0.5, 0.6) is 0 Å². The number of carbonyl (C=O) groups is 2. The fourth-order valence-corrected chi connectivity index (χ4v) is 1.98. The highest BCUT2D eigenvalue weighted by atomic mass is 79.9. The molecule has 0 aromatic heterocycles. The van der Waals surface area contributed by atoms with Crippen molar-refractivity contribution in [3.8, 4) is 0 Å². The second-order valence-corrected chi connectivity index (χ2v) is 5.19. The molecule has 98 valence electrons. The predicted molar refractivity (Wildman–Crippen MR) is 72.6 cm³/mol. The van der Waals surface area contributed by atoms with Gasteiger partial charge in [-0.2, -0.15) is 0 Å². The summed E-state index contributed by atoms with van der Waals surface area (Å²) in [6.45, 7) is 3.63. The lowest BCUT2D eigenvalue weighted by Gasteiger charge is -2.20. The molecule has 0 radical (unpaired) electrons. The quantitative estimate of drug-likeness (QED) is 0.929. The Hall–Kier alpha value is -1.36. The third-order valence-corrected chi connectivity index (χ3v) is 3.67. The summed E-state index contributed by atoms with van der Waals surface area (Å²) in [5.74, 6) is -1.64. The molecular weight excluding hydrogens is 298 g/mol. The molecule has 0 aliphatic carbocycles. The fraction of sp³-hybridized carbons (Fsp3) is 0.385. The van der Waals surface area contributed by atoms with Gasteiger partial charge in [-0.05, 0) is 24.6 Å². The van der Waals surface area contributed by atoms with Crippen LogP contribution in [-0.2, 0) is 4.79 Å². The van der Waals surface area contributed by atoms with Crippen molar-refractivity contribution < 1.29 is 14.7 Å². The van der Waals surface area contributed by atoms with Crippen LogP contribution in [-0.4, -0.2) is 35.5 Å². The highest BCUT2D eigenvalue weighted by Crippen LogP contribution is 2.20. The average molecular weight is 314 g/mol. The number of hydrogen-bond donors (Lipinski definition) is 1. The molecule has 1 amide bonds. The van der Waals surface area contributed by atoms with Gasteiger partial charge in [0.1, 0.15) is 0 Å². The van der Waals surface area contributed by atoms with Crippen molar-refractivity contribution in [3.63, 3.8) is 0 Å². The number of aliphatic carboxylic acids is 1. The van der Waals surface area contributed by atoms with Crippen LogP contribution in [0, 0.1) is 12.8 Å². The standard InChI is InChI=1S/C13H16BrNO3/c1-8(13(17)18)7-15(3)12(16)10-5-4-6-11(14)9(10)2/h4-6,8H,7H2,1-3H3,(H,17,18)/t8-/m1/s1. The summed E-state index contributed by atoms with van der Waals surface area (Å²) in [5.41, 5.74) is 1.45. The molecular formula is C13H16BrNO3. The number of amides is 1. The molecule has 0 spiro atoms. The van der Waals surface area contributed by atoms with Gasteiger partial charge in [-0.1, -0.05) is 28.9 Å². The van der Waals surface area contributed by atoms with Crippen molar-refractivity contribution in [3.05, 3.63) is 33.8 Å². The van der Waals surface area contributed by atoms with Gasteiger partial charge in [0.25, 0.3) is 5.91 Å². The molecule has 1 aromatic rings. The number of benzene rings is 1. The maximum atomic E-state index is 12.2. The molecule has 1 atom stereocenters. The van der Waals surface area contributed by atoms with E-state index in [2.05, 4.69) is 15.9 Å². The molecule has 1 N–H and O–H groups in total. The Morgan fingerprint density at radius 3 is 2.61 bits per heavy atom. The van der Waals surface area contributed by atoms with Crippen molar-refractivity contribution >= 4 is 27.8 Å². The maximum absolute atomic E-state index is 12.2. The molecule has 0 bridgehead atoms. The van der Waals surface area contributed by atoms with Crippen LogP contribution in [0.3, 0.4) is 0 Å². The Labute approximate surface area is 115 Å². The molecule has 0 fully saturated rings. The van der Waals surface area contributed by atoms with E-state index in [1.54, 1.807) is 26.1 Å². The predicted octanol–water partition coefficient (Wildman–Crippen LogP) is 2.55. The summed E-state index contributed by atoms with van der Waals surface area (Å²) < 4.78 is 0.869. The normalized spacial score (nSPS) is 12.0. The van der Waals surface area contributed by atoms with Gasteiger partial charge >= 0.3 is 5.97 Å². The van der Waals surface area contributed by atoms with Crippen LogP contribution in [0.4, 0.5) is 0 Å². The Kier molecular flexibility index (Phi) is 4.90. The lowest BCUT2D eigenvalue weighted by molar-refractivity contribution is -0.141. The Morgan fingerprint density at radius 2 is 2.06 bits per heavy atom. The largest absolute Gasteiger partial charge is 0.481 e. The van der Waals surface area contributed by atoms with Crippen LogP contribution in [0.25, 0.3) is 0 Å². The molecule has 5 heteroatoms. The summed E-state index contributed by atoms with van der Waals surface area (Å²) in [4.78, 5) is 24.4. The SMILES string of the molecule is Cc1c(Br)cccc1C(=O)N(C)C[C@@H](C)C(=O)O. The van der Waals surface area contributed by atoms with Gasteiger partial charge in [0.2, 0.25) is 0 Å². The molecule has 0 saturated carbocycles. The summed E-state index contributed by atoms with van der Waals surface area (Å²) in [6, 6.07) is 5.40. The summed E-state index contributed by atoms with van der Waals surface area (Å²) in [6.07, 6.45) is 0. The number of nitrogens with zero attached hydrogens (tertiary/aromatic N) is 1. The van der Waals surface area contributed by atoms with Crippen molar-refractivity contribution in [2.24, 2.45) is 5.92 Å². The van der Waals surface area contributed by atoms with Gasteiger partial charge < -0.3 is 10.0 Å². The van der Waals surface area contributed by atoms with Gasteiger partial charge in [0.05, 0.1) is 5.92 Å². The number of carbonyl (C=O) groups excluding carboxylic acids is 1. The minimum Gasteiger partial charge on any atom is -0.481 e. The maximum Gasteiger partial charge on any atom is 0.308 e. The zero-order valence-electron chi connectivity index (χ0n) is 10.6. The van der Waals surface area contributed by atoms with Crippen molar-refractivity contribution in [2.75, 3.05) is 13.6 Å². The number of hydrogen-bond acceptors (Lipinski definition) is 2. The first-order chi connectivity index (χ1) is 8.34. The molecule has 0 unspecified atom stereocenters. The molecule has 0 heterocycles. The number of halogens is 1. The first kappa shape index (κ1) is 14.7. The second kappa shape index (κ2) is 6.00. The minimum absolute atomic E-state index is 0.165. The fourth-order valence-electron chi connectivity index (χ4n) is 1.62. The van der Waals surface area contributed by atoms with Gasteiger partial charge in [0.15, 0.2) is 0 Å². The smallest absolute Gasteiger partial charge is 0.308 e. The van der Waals surface area contributed by atoms with E-state index < -0.39 is 11.9 Å². The van der Waals surface area contributed by atoms with Gasteiger partial charge in [-0.25, -0.2) is 0 Å². The van der Waals surface area contributed by atoms with Crippen LogP contribution in [0.2, 0.25) is 0 Å². The van der Waals surface area contributed by atoms with E-state index in [1.807, 2.05) is 13.0 Å².